The Hall–Kier alpha value is -2.14. The van der Waals surface area contributed by atoms with Crippen molar-refractivity contribution in [1.82, 2.24) is 9.97 Å². The Balaban J connectivity index is 1.40. The summed E-state index contributed by atoms with van der Waals surface area (Å²) in [4.78, 5) is 22.4. The summed E-state index contributed by atoms with van der Waals surface area (Å²) in [5, 5.41) is 0. The molecule has 5 nitrogen and oxygen atoms in total. The van der Waals surface area contributed by atoms with Gasteiger partial charge < -0.3 is 9.64 Å². The van der Waals surface area contributed by atoms with Crippen LogP contribution in [0.5, 0.6) is 0 Å². The van der Waals surface area contributed by atoms with Crippen LogP contribution in [0, 0.1) is 0 Å². The molecule has 1 N–H and O–H groups in total. The molecule has 1 aromatic carbocycles. The van der Waals surface area contributed by atoms with Crippen LogP contribution in [-0.2, 0) is 29.8 Å². The molecular formula is C20H23N3O2. The topological polar surface area (TPSA) is 58.2 Å². The number of nitrogens with one attached hydrogen (secondary N) is 1. The third kappa shape index (κ3) is 2.41. The van der Waals surface area contributed by atoms with E-state index in [0.29, 0.717) is 6.61 Å². The second-order valence-corrected chi connectivity index (χ2v) is 7.45. The summed E-state index contributed by atoms with van der Waals surface area (Å²) in [5.74, 6) is 0.742. The van der Waals surface area contributed by atoms with Crippen molar-refractivity contribution in [2.24, 2.45) is 0 Å². The van der Waals surface area contributed by atoms with E-state index in [4.69, 9.17) is 9.72 Å². The Bertz CT molecular complexity index is 865. The molecule has 1 fully saturated rings. The number of piperidine rings is 1. The first-order chi connectivity index (χ1) is 12.3. The molecule has 0 unspecified atom stereocenters. The quantitative estimate of drug-likeness (QED) is 0.869. The molecule has 2 aromatic rings. The van der Waals surface area contributed by atoms with Crippen molar-refractivity contribution in [1.29, 1.82) is 0 Å². The molecule has 1 saturated heterocycles. The molecule has 0 saturated carbocycles. The number of ether oxygens (including phenoxy) is 1. The summed E-state index contributed by atoms with van der Waals surface area (Å²) < 4.78 is 6.23. The largest absolute Gasteiger partial charge is 0.365 e. The lowest BCUT2D eigenvalue weighted by Gasteiger charge is -2.39. The van der Waals surface area contributed by atoms with E-state index in [0.717, 1.165) is 68.8 Å². The highest BCUT2D eigenvalue weighted by molar-refractivity contribution is 5.40. The molecule has 0 atom stereocenters. The first-order valence-corrected chi connectivity index (χ1v) is 9.35. The van der Waals surface area contributed by atoms with Crippen LogP contribution in [0.4, 0.5) is 5.95 Å². The average Bonchev–Trinajstić information content (AvgIpc) is 3.01. The molecule has 0 bridgehead atoms. The van der Waals surface area contributed by atoms with Crippen molar-refractivity contribution < 1.29 is 4.74 Å². The summed E-state index contributed by atoms with van der Waals surface area (Å²) in [7, 11) is 0. The molecule has 1 spiro atoms. The van der Waals surface area contributed by atoms with Gasteiger partial charge in [-0.2, -0.15) is 0 Å². The van der Waals surface area contributed by atoms with Gasteiger partial charge in [-0.15, -0.1) is 0 Å². The van der Waals surface area contributed by atoms with E-state index in [9.17, 15) is 4.79 Å². The smallest absolute Gasteiger partial charge is 0.255 e. The molecule has 130 valence electrons. The van der Waals surface area contributed by atoms with Gasteiger partial charge in [0.1, 0.15) is 0 Å². The van der Waals surface area contributed by atoms with Crippen molar-refractivity contribution in [3.63, 3.8) is 0 Å². The van der Waals surface area contributed by atoms with Crippen molar-refractivity contribution in [3.8, 4) is 0 Å². The predicted octanol–water partition coefficient (Wildman–Crippen LogP) is 2.67. The van der Waals surface area contributed by atoms with Crippen LogP contribution in [0.2, 0.25) is 0 Å². The van der Waals surface area contributed by atoms with Crippen LogP contribution in [0.15, 0.2) is 29.1 Å². The summed E-state index contributed by atoms with van der Waals surface area (Å²) in [6.45, 7) is 2.43. The zero-order valence-electron chi connectivity index (χ0n) is 14.4. The number of aromatic amines is 1. The Labute approximate surface area is 147 Å². The fourth-order valence-electron chi connectivity index (χ4n) is 4.62. The summed E-state index contributed by atoms with van der Waals surface area (Å²) >= 11 is 0. The molecule has 2 aliphatic heterocycles. The minimum atomic E-state index is -0.151. The zero-order chi connectivity index (χ0) is 16.9. The molecule has 1 aliphatic carbocycles. The highest BCUT2D eigenvalue weighted by Gasteiger charge is 2.42. The number of rotatable bonds is 1. The Morgan fingerprint density at radius 3 is 2.80 bits per heavy atom. The van der Waals surface area contributed by atoms with E-state index in [1.807, 2.05) is 0 Å². The lowest BCUT2D eigenvalue weighted by molar-refractivity contribution is -0.0552. The van der Waals surface area contributed by atoms with Gasteiger partial charge in [-0.25, -0.2) is 4.98 Å². The van der Waals surface area contributed by atoms with Crippen LogP contribution >= 0.6 is 0 Å². The third-order valence-electron chi connectivity index (χ3n) is 6.06. The lowest BCUT2D eigenvalue weighted by atomic mass is 9.84. The number of aromatic nitrogens is 2. The molecular weight excluding hydrogens is 314 g/mol. The van der Waals surface area contributed by atoms with E-state index in [1.54, 1.807) is 0 Å². The number of hydrogen-bond donors (Lipinski definition) is 1. The predicted molar refractivity (Wildman–Crippen MR) is 95.9 cm³/mol. The summed E-state index contributed by atoms with van der Waals surface area (Å²) in [6.07, 6.45) is 5.90. The molecule has 5 heteroatoms. The molecule has 3 heterocycles. The molecule has 0 radical (unpaired) electrons. The van der Waals surface area contributed by atoms with Crippen LogP contribution < -0.4 is 10.5 Å². The van der Waals surface area contributed by atoms with Gasteiger partial charge in [-0.1, -0.05) is 24.3 Å². The zero-order valence-corrected chi connectivity index (χ0v) is 14.4. The van der Waals surface area contributed by atoms with Crippen LogP contribution in [0.25, 0.3) is 0 Å². The van der Waals surface area contributed by atoms with Gasteiger partial charge in [-0.3, -0.25) is 9.78 Å². The van der Waals surface area contributed by atoms with Gasteiger partial charge in [0.15, 0.2) is 0 Å². The van der Waals surface area contributed by atoms with Crippen LogP contribution in [0.3, 0.4) is 0 Å². The van der Waals surface area contributed by atoms with Gasteiger partial charge in [0.25, 0.3) is 5.56 Å². The fraction of sp³-hybridized carbons (Fsp3) is 0.500. The van der Waals surface area contributed by atoms with E-state index < -0.39 is 0 Å². The Morgan fingerprint density at radius 1 is 1.12 bits per heavy atom. The minimum Gasteiger partial charge on any atom is -0.365 e. The van der Waals surface area contributed by atoms with Crippen LogP contribution in [-0.4, -0.2) is 23.1 Å². The fourth-order valence-corrected chi connectivity index (χ4v) is 4.62. The van der Waals surface area contributed by atoms with Gasteiger partial charge >= 0.3 is 0 Å². The van der Waals surface area contributed by atoms with Gasteiger partial charge in [0.05, 0.1) is 17.9 Å². The van der Waals surface area contributed by atoms with Crippen molar-refractivity contribution in [2.75, 3.05) is 18.0 Å². The lowest BCUT2D eigenvalue weighted by Crippen LogP contribution is -2.44. The van der Waals surface area contributed by atoms with Crippen molar-refractivity contribution in [2.45, 2.75) is 50.7 Å². The maximum absolute atomic E-state index is 12.4. The highest BCUT2D eigenvalue weighted by Crippen LogP contribution is 2.44. The maximum Gasteiger partial charge on any atom is 0.255 e. The van der Waals surface area contributed by atoms with Gasteiger partial charge in [0.2, 0.25) is 5.95 Å². The normalized spacial score (nSPS) is 21.2. The molecule has 25 heavy (non-hydrogen) atoms. The monoisotopic (exact) mass is 337 g/mol. The first kappa shape index (κ1) is 15.1. The SMILES string of the molecule is O=c1[nH]c(N2CCC3(CC2)OCc2ccccc23)nc2c1CCCC2. The summed E-state index contributed by atoms with van der Waals surface area (Å²) in [6, 6.07) is 8.55. The number of fused-ring (bicyclic) bond motifs is 3. The Kier molecular flexibility index (Phi) is 3.45. The minimum absolute atomic E-state index is 0.0578. The number of nitrogens with zero attached hydrogens (tertiary/aromatic N) is 2. The second-order valence-electron chi connectivity index (χ2n) is 7.45. The van der Waals surface area contributed by atoms with E-state index in [2.05, 4.69) is 34.1 Å². The van der Waals surface area contributed by atoms with Gasteiger partial charge in [0, 0.05) is 18.7 Å². The van der Waals surface area contributed by atoms with Gasteiger partial charge in [-0.05, 0) is 49.7 Å². The van der Waals surface area contributed by atoms with Crippen LogP contribution in [0.1, 0.15) is 48.1 Å². The van der Waals surface area contributed by atoms with E-state index >= 15 is 0 Å². The van der Waals surface area contributed by atoms with Crippen molar-refractivity contribution >= 4 is 5.95 Å². The standard InChI is InChI=1S/C20H23N3O2/c24-18-15-6-2-4-8-17(15)21-19(22-18)23-11-9-20(10-12-23)16-7-3-1-5-14(16)13-25-20/h1,3,5,7H,2,4,6,8-13H2,(H,21,22,24). The number of benzene rings is 1. The van der Waals surface area contributed by atoms with Crippen molar-refractivity contribution in [3.05, 3.63) is 57.0 Å². The molecule has 1 aromatic heterocycles. The Morgan fingerprint density at radius 2 is 1.92 bits per heavy atom. The molecule has 0 amide bonds. The van der Waals surface area contributed by atoms with E-state index in [-0.39, 0.29) is 11.2 Å². The number of hydrogen-bond acceptors (Lipinski definition) is 4. The summed E-state index contributed by atoms with van der Waals surface area (Å²) in [5.41, 5.74) is 4.48. The third-order valence-corrected chi connectivity index (χ3v) is 6.06. The molecule has 3 aliphatic rings. The number of H-pyrrole nitrogens is 1. The second kappa shape index (κ2) is 5.70. The number of aryl methyl sites for hydroxylation is 1. The molecule has 5 rings (SSSR count). The number of anilines is 1. The first-order valence-electron chi connectivity index (χ1n) is 9.35. The average molecular weight is 337 g/mol. The maximum atomic E-state index is 12.4. The van der Waals surface area contributed by atoms with E-state index in [1.165, 1.54) is 11.1 Å². The highest BCUT2D eigenvalue weighted by atomic mass is 16.5.